The number of carbonyl (C=O) groups is 1. The Morgan fingerprint density at radius 3 is 2.88 bits per heavy atom. The fraction of sp³-hybridized carbons (Fsp3) is 0.300. The lowest BCUT2D eigenvalue weighted by molar-refractivity contribution is -0.126. The molecule has 0 aliphatic heterocycles. The second kappa shape index (κ2) is 4.98. The van der Waals surface area contributed by atoms with Crippen molar-refractivity contribution in [3.8, 4) is 6.07 Å². The van der Waals surface area contributed by atoms with Gasteiger partial charge in [0.15, 0.2) is 5.69 Å². The zero-order valence-electron chi connectivity index (χ0n) is 9.19. The molecule has 0 atom stereocenters. The Kier molecular flexibility index (Phi) is 3.67. The zero-order chi connectivity index (χ0) is 12.1. The maximum absolute atomic E-state index is 11.3. The van der Waals surface area contributed by atoms with Crippen LogP contribution in [0.5, 0.6) is 0 Å². The van der Waals surface area contributed by atoms with Crippen LogP contribution in [-0.2, 0) is 4.79 Å². The molecule has 0 saturated carbocycles. The van der Waals surface area contributed by atoms with Crippen molar-refractivity contribution in [1.82, 2.24) is 9.88 Å². The van der Waals surface area contributed by atoms with Crippen LogP contribution in [0.25, 0.3) is 0 Å². The number of nitriles is 1. The van der Waals surface area contributed by atoms with Gasteiger partial charge in [-0.3, -0.25) is 4.79 Å². The first kappa shape index (κ1) is 11.8. The molecule has 0 bridgehead atoms. The molecule has 0 unspecified atom stereocenters. The van der Waals surface area contributed by atoms with E-state index in [0.717, 1.165) is 0 Å². The van der Waals surface area contributed by atoms with E-state index in [1.54, 1.807) is 26.2 Å². The van der Waals surface area contributed by atoms with E-state index in [-0.39, 0.29) is 18.1 Å². The number of pyridine rings is 1. The van der Waals surface area contributed by atoms with Gasteiger partial charge < -0.3 is 16.0 Å². The van der Waals surface area contributed by atoms with Crippen molar-refractivity contribution in [3.05, 3.63) is 17.8 Å². The Morgan fingerprint density at radius 2 is 2.31 bits per heavy atom. The second-order valence-electron chi connectivity index (χ2n) is 3.39. The third-order valence-electron chi connectivity index (χ3n) is 1.95. The fourth-order valence-corrected chi connectivity index (χ4v) is 0.982. The first-order chi connectivity index (χ1) is 7.54. The molecule has 0 aliphatic rings. The molecule has 1 aromatic rings. The third-order valence-corrected chi connectivity index (χ3v) is 1.95. The summed E-state index contributed by atoms with van der Waals surface area (Å²) in [7, 11) is 3.34. The molecule has 1 heterocycles. The average Bonchev–Trinajstić information content (AvgIpc) is 2.27. The molecule has 0 spiro atoms. The number of nitrogens with two attached hydrogens (primary N) is 1. The molecule has 6 nitrogen and oxygen atoms in total. The molecular weight excluding hydrogens is 206 g/mol. The number of nitrogens with zero attached hydrogens (tertiary/aromatic N) is 3. The van der Waals surface area contributed by atoms with Gasteiger partial charge >= 0.3 is 0 Å². The van der Waals surface area contributed by atoms with Gasteiger partial charge in [-0.15, -0.1) is 0 Å². The summed E-state index contributed by atoms with van der Waals surface area (Å²) in [5.74, 6) is 0.387. The molecule has 0 aliphatic carbocycles. The second-order valence-corrected chi connectivity index (χ2v) is 3.39. The summed E-state index contributed by atoms with van der Waals surface area (Å²) in [5.41, 5.74) is 6.00. The van der Waals surface area contributed by atoms with Crippen molar-refractivity contribution in [3.63, 3.8) is 0 Å². The smallest absolute Gasteiger partial charge is 0.241 e. The summed E-state index contributed by atoms with van der Waals surface area (Å²) in [5, 5.41) is 11.5. The average molecular weight is 219 g/mol. The Balaban J connectivity index is 2.69. The summed E-state index contributed by atoms with van der Waals surface area (Å²) in [6, 6.07) is 5.08. The molecule has 0 fully saturated rings. The van der Waals surface area contributed by atoms with Crippen LogP contribution in [-0.4, -0.2) is 36.4 Å². The largest absolute Gasteiger partial charge is 0.396 e. The lowest BCUT2D eigenvalue weighted by Crippen LogP contribution is -2.28. The highest BCUT2D eigenvalue weighted by Crippen LogP contribution is 2.11. The molecule has 84 valence electrons. The maximum Gasteiger partial charge on any atom is 0.241 e. The molecule has 6 heteroatoms. The van der Waals surface area contributed by atoms with E-state index in [0.29, 0.717) is 11.5 Å². The van der Waals surface area contributed by atoms with Crippen LogP contribution in [0.1, 0.15) is 5.69 Å². The number of hydrogen-bond acceptors (Lipinski definition) is 5. The Labute approximate surface area is 93.7 Å². The molecule has 1 rings (SSSR count). The van der Waals surface area contributed by atoms with Gasteiger partial charge in [-0.25, -0.2) is 4.98 Å². The summed E-state index contributed by atoms with van der Waals surface area (Å²) < 4.78 is 0. The van der Waals surface area contributed by atoms with Gasteiger partial charge in [-0.2, -0.15) is 5.26 Å². The molecule has 16 heavy (non-hydrogen) atoms. The van der Waals surface area contributed by atoms with E-state index in [1.807, 2.05) is 6.07 Å². The maximum atomic E-state index is 11.3. The third kappa shape index (κ3) is 2.85. The molecular formula is C10H13N5O. The Hall–Kier alpha value is -2.29. The van der Waals surface area contributed by atoms with E-state index < -0.39 is 0 Å². The highest BCUT2D eigenvalue weighted by Gasteiger charge is 2.05. The van der Waals surface area contributed by atoms with E-state index in [9.17, 15) is 4.79 Å². The highest BCUT2D eigenvalue weighted by atomic mass is 16.2. The topological polar surface area (TPSA) is 95.0 Å². The zero-order valence-corrected chi connectivity index (χ0v) is 9.19. The van der Waals surface area contributed by atoms with Crippen LogP contribution in [0, 0.1) is 11.3 Å². The van der Waals surface area contributed by atoms with Crippen LogP contribution in [0.15, 0.2) is 12.1 Å². The molecule has 0 aromatic carbocycles. The first-order valence-electron chi connectivity index (χ1n) is 4.65. The Morgan fingerprint density at radius 1 is 1.62 bits per heavy atom. The van der Waals surface area contributed by atoms with Crippen molar-refractivity contribution in [2.24, 2.45) is 0 Å². The highest BCUT2D eigenvalue weighted by molar-refractivity contribution is 5.80. The van der Waals surface area contributed by atoms with Crippen LogP contribution < -0.4 is 11.1 Å². The number of rotatable bonds is 3. The van der Waals surface area contributed by atoms with Crippen molar-refractivity contribution in [1.29, 1.82) is 5.26 Å². The van der Waals surface area contributed by atoms with Crippen molar-refractivity contribution in [2.45, 2.75) is 0 Å². The predicted molar refractivity (Wildman–Crippen MR) is 60.5 cm³/mol. The van der Waals surface area contributed by atoms with Crippen LogP contribution in [0.4, 0.5) is 11.5 Å². The standard InChI is InChI=1S/C10H13N5O/c1-15(2)10(16)6-13-9-4-3-7(12)8(5-11)14-9/h3-4H,6,12H2,1-2H3,(H,13,14). The quantitative estimate of drug-likeness (QED) is 0.748. The minimum absolute atomic E-state index is 0.0721. The monoisotopic (exact) mass is 219 g/mol. The van der Waals surface area contributed by atoms with Gasteiger partial charge in [0, 0.05) is 14.1 Å². The number of anilines is 2. The normalized spacial score (nSPS) is 9.31. The molecule has 1 amide bonds. The van der Waals surface area contributed by atoms with Crippen LogP contribution in [0.3, 0.4) is 0 Å². The predicted octanol–water partition coefficient (Wildman–Crippen LogP) is 0.0356. The summed E-state index contributed by atoms with van der Waals surface area (Å²) in [6.07, 6.45) is 0. The van der Waals surface area contributed by atoms with Gasteiger partial charge in [0.25, 0.3) is 0 Å². The number of likely N-dealkylation sites (N-methyl/N-ethyl adjacent to an activating group) is 1. The van der Waals surface area contributed by atoms with Crippen LogP contribution in [0.2, 0.25) is 0 Å². The number of aromatic nitrogens is 1. The lowest BCUT2D eigenvalue weighted by Gasteiger charge is -2.11. The summed E-state index contributed by atoms with van der Waals surface area (Å²) in [6.45, 7) is 0.134. The SMILES string of the molecule is CN(C)C(=O)CNc1ccc(N)c(C#N)n1. The van der Waals surface area contributed by atoms with E-state index >= 15 is 0 Å². The molecule has 0 saturated heterocycles. The molecule has 1 aromatic heterocycles. The summed E-state index contributed by atoms with van der Waals surface area (Å²) >= 11 is 0. The number of nitrogens with one attached hydrogen (secondary N) is 1. The van der Waals surface area contributed by atoms with Gasteiger partial charge in [-0.1, -0.05) is 0 Å². The number of amides is 1. The van der Waals surface area contributed by atoms with Crippen molar-refractivity contribution < 1.29 is 4.79 Å². The Bertz CT molecular complexity index is 435. The van der Waals surface area contributed by atoms with Gasteiger partial charge in [0.05, 0.1) is 12.2 Å². The summed E-state index contributed by atoms with van der Waals surface area (Å²) in [4.78, 5) is 16.7. The van der Waals surface area contributed by atoms with E-state index in [2.05, 4.69) is 10.3 Å². The van der Waals surface area contributed by atoms with Gasteiger partial charge in [0.1, 0.15) is 11.9 Å². The number of hydrogen-bond donors (Lipinski definition) is 2. The molecule has 3 N–H and O–H groups in total. The minimum Gasteiger partial charge on any atom is -0.396 e. The molecule has 0 radical (unpaired) electrons. The van der Waals surface area contributed by atoms with Gasteiger partial charge in [0.2, 0.25) is 5.91 Å². The number of nitrogen functional groups attached to an aromatic ring is 1. The fourth-order valence-electron chi connectivity index (χ4n) is 0.982. The van der Waals surface area contributed by atoms with Gasteiger partial charge in [-0.05, 0) is 12.1 Å². The number of carbonyl (C=O) groups excluding carboxylic acids is 1. The van der Waals surface area contributed by atoms with E-state index in [1.165, 1.54) is 4.90 Å². The van der Waals surface area contributed by atoms with E-state index in [4.69, 9.17) is 11.0 Å². The minimum atomic E-state index is -0.0721. The first-order valence-corrected chi connectivity index (χ1v) is 4.65. The van der Waals surface area contributed by atoms with Crippen LogP contribution >= 0.6 is 0 Å². The lowest BCUT2D eigenvalue weighted by atomic mass is 10.3. The van der Waals surface area contributed by atoms with Crippen molar-refractivity contribution >= 4 is 17.4 Å². The van der Waals surface area contributed by atoms with Crippen molar-refractivity contribution in [2.75, 3.05) is 31.7 Å².